The smallest absolute Gasteiger partial charge is 0.308 e. The van der Waals surface area contributed by atoms with Crippen molar-refractivity contribution in [2.45, 2.75) is 27.3 Å². The molecule has 27 heavy (non-hydrogen) atoms. The van der Waals surface area contributed by atoms with Gasteiger partial charge in [0.05, 0.1) is 11.1 Å². The van der Waals surface area contributed by atoms with Gasteiger partial charge in [0.25, 0.3) is 5.56 Å². The SMILES string of the molecule is CCn1c(=O)c(-c2ccccc2)c(OC(C)=O)c2ccc(OC(C)=O)cc21. The molecule has 1 aromatic heterocycles. The van der Waals surface area contributed by atoms with Crippen molar-refractivity contribution < 1.29 is 19.1 Å². The molecule has 0 radical (unpaired) electrons. The molecular formula is C21H19NO5. The molecule has 0 amide bonds. The van der Waals surface area contributed by atoms with E-state index in [0.717, 1.165) is 0 Å². The molecule has 0 saturated heterocycles. The third kappa shape index (κ3) is 3.60. The number of rotatable bonds is 4. The molecule has 0 N–H and O–H groups in total. The average molecular weight is 365 g/mol. The topological polar surface area (TPSA) is 74.6 Å². The van der Waals surface area contributed by atoms with Crippen LogP contribution in [0, 0.1) is 0 Å². The lowest BCUT2D eigenvalue weighted by Gasteiger charge is -2.17. The van der Waals surface area contributed by atoms with Crippen molar-refractivity contribution >= 4 is 22.8 Å². The summed E-state index contributed by atoms with van der Waals surface area (Å²) in [4.78, 5) is 36.2. The van der Waals surface area contributed by atoms with Crippen LogP contribution in [0.15, 0.2) is 53.3 Å². The summed E-state index contributed by atoms with van der Waals surface area (Å²) in [5.41, 5.74) is 1.22. The fourth-order valence-corrected chi connectivity index (χ4v) is 3.06. The van der Waals surface area contributed by atoms with Gasteiger partial charge in [0.2, 0.25) is 0 Å². The molecule has 0 unspecified atom stereocenters. The van der Waals surface area contributed by atoms with E-state index < -0.39 is 11.9 Å². The number of esters is 2. The van der Waals surface area contributed by atoms with Crippen molar-refractivity contribution in [3.8, 4) is 22.6 Å². The van der Waals surface area contributed by atoms with E-state index in [1.807, 2.05) is 25.1 Å². The van der Waals surface area contributed by atoms with E-state index in [9.17, 15) is 14.4 Å². The highest BCUT2D eigenvalue weighted by molar-refractivity contribution is 5.95. The number of benzene rings is 2. The average Bonchev–Trinajstić information content (AvgIpc) is 2.62. The zero-order chi connectivity index (χ0) is 19.6. The van der Waals surface area contributed by atoms with Gasteiger partial charge in [-0.05, 0) is 24.6 Å². The zero-order valence-electron chi connectivity index (χ0n) is 15.3. The first-order valence-corrected chi connectivity index (χ1v) is 8.55. The van der Waals surface area contributed by atoms with Crippen LogP contribution in [0.4, 0.5) is 0 Å². The summed E-state index contributed by atoms with van der Waals surface area (Å²) < 4.78 is 12.2. The Balaban J connectivity index is 2.41. The van der Waals surface area contributed by atoms with Gasteiger partial charge in [-0.15, -0.1) is 0 Å². The van der Waals surface area contributed by atoms with Crippen LogP contribution in [0.25, 0.3) is 22.0 Å². The van der Waals surface area contributed by atoms with Gasteiger partial charge in [-0.3, -0.25) is 14.4 Å². The lowest BCUT2D eigenvalue weighted by atomic mass is 10.0. The summed E-state index contributed by atoms with van der Waals surface area (Å²) in [5, 5.41) is 0.585. The van der Waals surface area contributed by atoms with Crippen molar-refractivity contribution in [1.29, 1.82) is 0 Å². The number of carbonyl (C=O) groups is 2. The number of nitrogens with zero attached hydrogens (tertiary/aromatic N) is 1. The summed E-state index contributed by atoms with van der Waals surface area (Å²) >= 11 is 0. The van der Waals surface area contributed by atoms with Crippen LogP contribution < -0.4 is 15.0 Å². The Bertz CT molecular complexity index is 1080. The standard InChI is InChI=1S/C21H19NO5/c1-4-22-18-12-16(26-13(2)23)10-11-17(18)20(27-14(3)24)19(21(22)25)15-8-6-5-7-9-15/h5-12H,4H2,1-3H3. The predicted octanol–water partition coefficient (Wildman–Crippen LogP) is 3.54. The van der Waals surface area contributed by atoms with Gasteiger partial charge in [-0.25, -0.2) is 0 Å². The minimum atomic E-state index is -0.522. The molecule has 1 heterocycles. The van der Waals surface area contributed by atoms with Crippen LogP contribution in [-0.2, 0) is 16.1 Å². The van der Waals surface area contributed by atoms with E-state index in [2.05, 4.69) is 0 Å². The molecule has 0 aliphatic carbocycles. The molecule has 3 aromatic rings. The molecule has 0 aliphatic heterocycles. The van der Waals surface area contributed by atoms with Crippen LogP contribution in [0.2, 0.25) is 0 Å². The van der Waals surface area contributed by atoms with Crippen LogP contribution in [0.3, 0.4) is 0 Å². The van der Waals surface area contributed by atoms with Gasteiger partial charge in [-0.1, -0.05) is 30.3 Å². The maximum absolute atomic E-state index is 13.2. The Hall–Kier alpha value is -3.41. The van der Waals surface area contributed by atoms with E-state index in [1.54, 1.807) is 34.9 Å². The molecule has 0 saturated carbocycles. The third-order valence-electron chi connectivity index (χ3n) is 4.08. The highest BCUT2D eigenvalue weighted by atomic mass is 16.5. The maximum Gasteiger partial charge on any atom is 0.308 e. The van der Waals surface area contributed by atoms with Crippen LogP contribution in [0.1, 0.15) is 20.8 Å². The van der Waals surface area contributed by atoms with Gasteiger partial charge >= 0.3 is 11.9 Å². The highest BCUT2D eigenvalue weighted by Gasteiger charge is 2.21. The van der Waals surface area contributed by atoms with E-state index in [-0.39, 0.29) is 11.3 Å². The second-order valence-corrected chi connectivity index (χ2v) is 5.99. The van der Waals surface area contributed by atoms with Crippen LogP contribution >= 0.6 is 0 Å². The molecule has 6 nitrogen and oxygen atoms in total. The summed E-state index contributed by atoms with van der Waals surface area (Å²) in [7, 11) is 0. The fraction of sp³-hybridized carbons (Fsp3) is 0.190. The number of carbonyl (C=O) groups excluding carboxylic acids is 2. The van der Waals surface area contributed by atoms with E-state index in [1.165, 1.54) is 13.8 Å². The van der Waals surface area contributed by atoms with Crippen LogP contribution in [0.5, 0.6) is 11.5 Å². The van der Waals surface area contributed by atoms with Crippen molar-refractivity contribution in [1.82, 2.24) is 4.57 Å². The molecule has 3 rings (SSSR count). The Morgan fingerprint density at radius 1 is 0.963 bits per heavy atom. The third-order valence-corrected chi connectivity index (χ3v) is 4.08. The zero-order valence-corrected chi connectivity index (χ0v) is 15.3. The minimum Gasteiger partial charge on any atom is -0.427 e. The largest absolute Gasteiger partial charge is 0.427 e. The second kappa shape index (κ2) is 7.45. The number of aryl methyl sites for hydroxylation is 1. The van der Waals surface area contributed by atoms with Gasteiger partial charge < -0.3 is 14.0 Å². The van der Waals surface area contributed by atoms with E-state index in [4.69, 9.17) is 9.47 Å². The fourth-order valence-electron chi connectivity index (χ4n) is 3.06. The second-order valence-electron chi connectivity index (χ2n) is 5.99. The first kappa shape index (κ1) is 18.4. The number of ether oxygens (including phenoxy) is 2. The molecule has 0 fully saturated rings. The first-order valence-electron chi connectivity index (χ1n) is 8.55. The van der Waals surface area contributed by atoms with E-state index in [0.29, 0.717) is 34.3 Å². The van der Waals surface area contributed by atoms with Crippen molar-refractivity contribution in [3.63, 3.8) is 0 Å². The van der Waals surface area contributed by atoms with Crippen LogP contribution in [-0.4, -0.2) is 16.5 Å². The molecule has 0 bridgehead atoms. The normalized spacial score (nSPS) is 10.6. The number of hydrogen-bond acceptors (Lipinski definition) is 5. The Labute approximate surface area is 156 Å². The molecular weight excluding hydrogens is 346 g/mol. The maximum atomic E-state index is 13.2. The van der Waals surface area contributed by atoms with Gasteiger partial charge in [0.15, 0.2) is 5.75 Å². The van der Waals surface area contributed by atoms with Gasteiger partial charge in [-0.2, -0.15) is 0 Å². The molecule has 0 atom stereocenters. The molecule has 0 spiro atoms. The highest BCUT2D eigenvalue weighted by Crippen LogP contribution is 2.35. The van der Waals surface area contributed by atoms with E-state index >= 15 is 0 Å². The summed E-state index contributed by atoms with van der Waals surface area (Å²) in [5.74, 6) is -0.460. The molecule has 2 aromatic carbocycles. The summed E-state index contributed by atoms with van der Waals surface area (Å²) in [6.07, 6.45) is 0. The predicted molar refractivity (Wildman–Crippen MR) is 102 cm³/mol. The first-order chi connectivity index (χ1) is 12.9. The molecule has 6 heteroatoms. The lowest BCUT2D eigenvalue weighted by molar-refractivity contribution is -0.132. The Kier molecular flexibility index (Phi) is 5.07. The van der Waals surface area contributed by atoms with Crippen molar-refractivity contribution in [2.75, 3.05) is 0 Å². The Morgan fingerprint density at radius 2 is 1.63 bits per heavy atom. The van der Waals surface area contributed by atoms with Gasteiger partial charge in [0, 0.05) is 31.8 Å². The number of pyridine rings is 1. The summed E-state index contributed by atoms with van der Waals surface area (Å²) in [6, 6.07) is 14.0. The lowest BCUT2D eigenvalue weighted by Crippen LogP contribution is -2.23. The summed E-state index contributed by atoms with van der Waals surface area (Å²) in [6.45, 7) is 4.84. The van der Waals surface area contributed by atoms with Gasteiger partial charge in [0.1, 0.15) is 5.75 Å². The number of aromatic nitrogens is 1. The number of hydrogen-bond donors (Lipinski definition) is 0. The number of fused-ring (bicyclic) bond motifs is 1. The molecule has 0 aliphatic rings. The Morgan fingerprint density at radius 3 is 2.22 bits per heavy atom. The quantitative estimate of drug-likeness (QED) is 0.522. The van der Waals surface area contributed by atoms with Crippen molar-refractivity contribution in [2.24, 2.45) is 0 Å². The monoisotopic (exact) mass is 365 g/mol. The molecule has 138 valence electrons. The minimum absolute atomic E-state index is 0.202. The van der Waals surface area contributed by atoms with Crippen molar-refractivity contribution in [3.05, 3.63) is 58.9 Å².